The molecule has 1 aliphatic carbocycles. The molecule has 5 rings (SSSR count). The monoisotopic (exact) mass is 542 g/mol. The van der Waals surface area contributed by atoms with Crippen molar-refractivity contribution in [2.75, 3.05) is 26.2 Å². The highest BCUT2D eigenvalue weighted by Crippen LogP contribution is 2.37. The molecule has 0 radical (unpaired) electrons. The number of likely N-dealkylation sites (tertiary alicyclic amines) is 1. The fraction of sp³-hybridized carbons (Fsp3) is 0.406. The highest BCUT2D eigenvalue weighted by Gasteiger charge is 2.41. The number of H-pyrrole nitrogens is 1. The number of alkyl carbamates (subject to hydrolysis) is 1. The topological polar surface area (TPSA) is 96.6 Å². The number of carbonyl (C=O) groups excluding carboxylic acids is 2. The van der Waals surface area contributed by atoms with Crippen LogP contribution in [0.1, 0.15) is 45.9 Å². The Bertz CT molecular complexity index is 1400. The molecule has 0 bridgehead atoms. The number of fused-ring (bicyclic) bond motifs is 1. The van der Waals surface area contributed by atoms with Crippen LogP contribution in [-0.4, -0.2) is 58.9 Å². The van der Waals surface area contributed by atoms with E-state index < -0.39 is 17.1 Å². The molecular formula is C32H38N4O4. The summed E-state index contributed by atoms with van der Waals surface area (Å²) in [6.07, 6.45) is 9.43. The highest BCUT2D eigenvalue weighted by atomic mass is 16.6. The summed E-state index contributed by atoms with van der Waals surface area (Å²) in [4.78, 5) is 35.9. The molecule has 0 saturated carbocycles. The number of para-hydroxylation sites is 1. The first-order valence-corrected chi connectivity index (χ1v) is 14.0. The predicted octanol–water partition coefficient (Wildman–Crippen LogP) is 6.36. The van der Waals surface area contributed by atoms with E-state index >= 15 is 0 Å². The maximum atomic E-state index is 12.8. The second-order valence-corrected chi connectivity index (χ2v) is 11.7. The molecule has 2 heterocycles. The summed E-state index contributed by atoms with van der Waals surface area (Å²) >= 11 is 0. The van der Waals surface area contributed by atoms with Crippen LogP contribution in [-0.2, 0) is 14.9 Å². The molecular weight excluding hydrogens is 504 g/mol. The Morgan fingerprint density at radius 1 is 1.07 bits per heavy atom. The number of aromatic amines is 1. The van der Waals surface area contributed by atoms with E-state index in [1.165, 1.54) is 0 Å². The molecule has 1 atom stereocenters. The molecule has 1 unspecified atom stereocenters. The Morgan fingerprint density at radius 2 is 1.85 bits per heavy atom. The lowest BCUT2D eigenvalue weighted by Crippen LogP contribution is -2.51. The maximum Gasteiger partial charge on any atom is 0.410 e. The summed E-state index contributed by atoms with van der Waals surface area (Å²) in [6, 6.07) is 16.3. The number of hydrogen-bond donors (Lipinski definition) is 2. The smallest absolute Gasteiger partial charge is 0.410 e. The van der Waals surface area contributed by atoms with Crippen LogP contribution in [0.25, 0.3) is 22.2 Å². The zero-order chi connectivity index (χ0) is 28.2. The number of ether oxygens (including phenoxy) is 2. The quantitative estimate of drug-likeness (QED) is 0.378. The molecule has 3 aromatic rings. The SMILES string of the molecule is CC(C)(C)OC(=O)N1CCC(CNC(=O)OCC2C=CC=CC2)(c2nc3c(-c4ccccc4)cccc3[nH]2)CC1. The van der Waals surface area contributed by atoms with Gasteiger partial charge in [0.25, 0.3) is 0 Å². The number of rotatable bonds is 6. The van der Waals surface area contributed by atoms with Gasteiger partial charge in [-0.1, -0.05) is 66.8 Å². The molecule has 1 fully saturated rings. The van der Waals surface area contributed by atoms with Crippen molar-refractivity contribution in [2.45, 2.75) is 51.0 Å². The van der Waals surface area contributed by atoms with Gasteiger partial charge in [-0.3, -0.25) is 0 Å². The van der Waals surface area contributed by atoms with Crippen molar-refractivity contribution in [3.8, 4) is 11.1 Å². The van der Waals surface area contributed by atoms with Gasteiger partial charge < -0.3 is 24.7 Å². The van der Waals surface area contributed by atoms with Crippen molar-refractivity contribution in [3.63, 3.8) is 0 Å². The van der Waals surface area contributed by atoms with E-state index in [2.05, 4.69) is 40.7 Å². The third-order valence-corrected chi connectivity index (χ3v) is 7.54. The summed E-state index contributed by atoms with van der Waals surface area (Å²) in [5.74, 6) is 0.990. The summed E-state index contributed by atoms with van der Waals surface area (Å²) < 4.78 is 11.2. The van der Waals surface area contributed by atoms with E-state index in [0.29, 0.717) is 39.1 Å². The van der Waals surface area contributed by atoms with Crippen molar-refractivity contribution >= 4 is 23.2 Å². The van der Waals surface area contributed by atoms with Gasteiger partial charge in [-0.2, -0.15) is 0 Å². The lowest BCUT2D eigenvalue weighted by molar-refractivity contribution is 0.0157. The van der Waals surface area contributed by atoms with Crippen LogP contribution in [0.2, 0.25) is 0 Å². The summed E-state index contributed by atoms with van der Waals surface area (Å²) in [7, 11) is 0. The Hall–Kier alpha value is -4.07. The van der Waals surface area contributed by atoms with E-state index in [0.717, 1.165) is 34.4 Å². The molecule has 1 aromatic heterocycles. The maximum absolute atomic E-state index is 12.8. The van der Waals surface area contributed by atoms with Gasteiger partial charge in [-0.15, -0.1) is 0 Å². The summed E-state index contributed by atoms with van der Waals surface area (Å²) in [5, 5.41) is 3.01. The largest absolute Gasteiger partial charge is 0.449 e. The van der Waals surface area contributed by atoms with Crippen LogP contribution >= 0.6 is 0 Å². The Kier molecular flexibility index (Phi) is 7.96. The minimum absolute atomic E-state index is 0.188. The Balaban J connectivity index is 1.37. The Morgan fingerprint density at radius 3 is 2.55 bits per heavy atom. The number of carbonyl (C=O) groups is 2. The molecule has 2 amide bonds. The second kappa shape index (κ2) is 11.6. The number of nitrogens with zero attached hydrogens (tertiary/aromatic N) is 2. The highest BCUT2D eigenvalue weighted by molar-refractivity contribution is 5.92. The zero-order valence-electron chi connectivity index (χ0n) is 23.5. The first kappa shape index (κ1) is 27.5. The average molecular weight is 543 g/mol. The number of benzene rings is 2. The van der Waals surface area contributed by atoms with Crippen molar-refractivity contribution in [1.82, 2.24) is 20.2 Å². The normalized spacial score (nSPS) is 18.5. The molecule has 1 saturated heterocycles. The zero-order valence-corrected chi connectivity index (χ0v) is 23.5. The van der Waals surface area contributed by atoms with Crippen molar-refractivity contribution < 1.29 is 19.1 Å². The standard InChI is InChI=1S/C32H38N4O4/c1-31(2,3)40-30(38)36-19-17-32(18-20-36,22-33-29(37)39-21-23-11-6-4-7-12-23)28-34-26-16-10-15-25(27(26)35-28)24-13-8-5-9-14-24/h4-11,13-16,23H,12,17-22H2,1-3H3,(H,33,37)(H,34,35). The number of nitrogens with one attached hydrogen (secondary N) is 2. The van der Waals surface area contributed by atoms with Crippen molar-refractivity contribution in [2.24, 2.45) is 5.92 Å². The minimum Gasteiger partial charge on any atom is -0.449 e. The van der Waals surface area contributed by atoms with Gasteiger partial charge in [0.2, 0.25) is 0 Å². The first-order chi connectivity index (χ1) is 19.2. The molecule has 0 spiro atoms. The van der Waals surface area contributed by atoms with Crippen LogP contribution in [0.15, 0.2) is 72.8 Å². The van der Waals surface area contributed by atoms with Crippen LogP contribution < -0.4 is 5.32 Å². The van der Waals surface area contributed by atoms with Gasteiger partial charge in [0.1, 0.15) is 11.4 Å². The van der Waals surface area contributed by atoms with E-state index in [4.69, 9.17) is 14.5 Å². The lowest BCUT2D eigenvalue weighted by atomic mass is 9.77. The number of allylic oxidation sites excluding steroid dienone is 3. The number of aromatic nitrogens is 2. The fourth-order valence-electron chi connectivity index (χ4n) is 5.31. The van der Waals surface area contributed by atoms with Crippen molar-refractivity contribution in [3.05, 3.63) is 78.7 Å². The molecule has 2 aromatic carbocycles. The molecule has 8 nitrogen and oxygen atoms in total. The number of hydrogen-bond acceptors (Lipinski definition) is 5. The number of imidazole rings is 1. The fourth-order valence-corrected chi connectivity index (χ4v) is 5.31. The van der Waals surface area contributed by atoms with E-state index in [9.17, 15) is 9.59 Å². The first-order valence-electron chi connectivity index (χ1n) is 14.0. The number of amides is 2. The molecule has 40 heavy (non-hydrogen) atoms. The minimum atomic E-state index is -0.563. The van der Waals surface area contributed by atoms with Gasteiger partial charge in [0.05, 0.1) is 17.6 Å². The van der Waals surface area contributed by atoms with Gasteiger partial charge in [-0.05, 0) is 51.7 Å². The van der Waals surface area contributed by atoms with Gasteiger partial charge in [0, 0.05) is 36.5 Å². The van der Waals surface area contributed by atoms with Crippen LogP contribution in [0, 0.1) is 5.92 Å². The van der Waals surface area contributed by atoms with E-state index in [1.54, 1.807) is 4.90 Å². The third-order valence-electron chi connectivity index (χ3n) is 7.54. The van der Waals surface area contributed by atoms with Crippen LogP contribution in [0.4, 0.5) is 9.59 Å². The van der Waals surface area contributed by atoms with Gasteiger partial charge >= 0.3 is 12.2 Å². The van der Waals surface area contributed by atoms with Gasteiger partial charge in [-0.25, -0.2) is 14.6 Å². The second-order valence-electron chi connectivity index (χ2n) is 11.7. The number of piperidine rings is 1. The average Bonchev–Trinajstić information content (AvgIpc) is 3.41. The Labute approximate surface area is 235 Å². The summed E-state index contributed by atoms with van der Waals surface area (Å²) in [5.41, 5.74) is 2.89. The van der Waals surface area contributed by atoms with Crippen molar-refractivity contribution in [1.29, 1.82) is 0 Å². The van der Waals surface area contributed by atoms with Crippen LogP contribution in [0.5, 0.6) is 0 Å². The molecule has 210 valence electrons. The predicted molar refractivity (Wildman–Crippen MR) is 156 cm³/mol. The molecule has 1 aliphatic heterocycles. The van der Waals surface area contributed by atoms with Gasteiger partial charge in [0.15, 0.2) is 0 Å². The third kappa shape index (κ3) is 6.38. The van der Waals surface area contributed by atoms with E-state index in [1.807, 2.05) is 63.3 Å². The summed E-state index contributed by atoms with van der Waals surface area (Å²) in [6.45, 7) is 7.26. The van der Waals surface area contributed by atoms with Crippen LogP contribution in [0.3, 0.4) is 0 Å². The lowest BCUT2D eigenvalue weighted by Gasteiger charge is -2.40. The molecule has 8 heteroatoms. The molecule has 2 N–H and O–H groups in total. The van der Waals surface area contributed by atoms with E-state index in [-0.39, 0.29) is 12.0 Å². The molecule has 2 aliphatic rings.